The fraction of sp³-hybridized carbons (Fsp3) is 0.165. The summed E-state index contributed by atoms with van der Waals surface area (Å²) in [4.78, 5) is 98.9. The largest absolute Gasteiger partial charge is 0.477 e. The van der Waals surface area contributed by atoms with Crippen LogP contribution >= 0.6 is 12.4 Å². The third kappa shape index (κ3) is 23.8. The molecule has 0 aliphatic carbocycles. The van der Waals surface area contributed by atoms with Crippen LogP contribution in [0, 0.1) is 20.8 Å². The van der Waals surface area contributed by atoms with Gasteiger partial charge in [0.15, 0.2) is 23.0 Å². The maximum Gasteiger partial charge on any atom is 0.407 e. The van der Waals surface area contributed by atoms with Gasteiger partial charge in [-0.25, -0.2) is 28.4 Å². The maximum atomic E-state index is 13.3. The van der Waals surface area contributed by atoms with E-state index in [1.165, 1.54) is 10.7 Å². The van der Waals surface area contributed by atoms with Gasteiger partial charge in [-0.2, -0.15) is 15.3 Å². The summed E-state index contributed by atoms with van der Waals surface area (Å²) >= 11 is 0. The van der Waals surface area contributed by atoms with Crippen molar-refractivity contribution in [3.63, 3.8) is 0 Å². The number of aryl methyl sites for hydroxylation is 3. The molecule has 9 aromatic carbocycles. The van der Waals surface area contributed by atoms with Crippen molar-refractivity contribution in [2.24, 2.45) is 5.73 Å². The molecule has 24 heteroatoms. The van der Waals surface area contributed by atoms with E-state index in [4.69, 9.17) is 20.9 Å². The number of amides is 4. The molecular weight excluding hydrogens is 1400 g/mol. The van der Waals surface area contributed by atoms with Gasteiger partial charge in [-0.05, 0) is 170 Å². The number of carboxylic acids is 1. The number of nitrogens with zero attached hydrogens (tertiary/aromatic N) is 6. The second-order valence-electron chi connectivity index (χ2n) is 26.8. The van der Waals surface area contributed by atoms with Crippen LogP contribution in [0.4, 0.5) is 26.7 Å². The van der Waals surface area contributed by atoms with Crippen LogP contribution in [0.1, 0.15) is 155 Å². The fourth-order valence-electron chi connectivity index (χ4n) is 10.8. The SMILES string of the molecule is Cc1cc(C(=O)Nc2cccc(C(=O)c3ccccc3)c2)n(-c2cccc(CN)c2)n1.Cc1cc(C(=O)Nc2cccc(C(=O)c3ccccc3)c2)n(-c2cccc(CNC(=O)OC(C)(C)C)c2)n1.Cc1cc(C(=O)O)n(-c2cccc(CNC(=O)OC(C)(C)C)c2)n1.Cl.Nc1cccc(C(=O)c2ccccc2)c1. The second kappa shape index (κ2) is 37.5. The molecule has 12 rings (SSSR count). The number of alkyl carbamates (subject to hydrolysis) is 2. The number of rotatable bonds is 19. The summed E-state index contributed by atoms with van der Waals surface area (Å²) in [5.41, 5.74) is 22.8. The number of carbonyl (C=O) groups is 8. The van der Waals surface area contributed by atoms with Gasteiger partial charge >= 0.3 is 18.2 Å². The zero-order valence-corrected chi connectivity index (χ0v) is 62.5. The Morgan fingerprint density at radius 3 is 1.05 bits per heavy atom. The lowest BCUT2D eigenvalue weighted by Gasteiger charge is -2.19. The molecular formula is C85H85ClN12O11. The van der Waals surface area contributed by atoms with E-state index in [-0.39, 0.29) is 60.4 Å². The number of aromatic nitrogens is 6. The van der Waals surface area contributed by atoms with Gasteiger partial charge in [0, 0.05) is 70.1 Å². The molecule has 109 heavy (non-hydrogen) atoms. The molecule has 3 heterocycles. The quantitative estimate of drug-likeness (QED) is 0.0292. The Labute approximate surface area is 637 Å². The summed E-state index contributed by atoms with van der Waals surface area (Å²) in [5, 5.41) is 33.6. The van der Waals surface area contributed by atoms with Crippen molar-refractivity contribution in [1.29, 1.82) is 0 Å². The summed E-state index contributed by atoms with van der Waals surface area (Å²) in [5.74, 6) is -1.96. The van der Waals surface area contributed by atoms with Gasteiger partial charge in [-0.1, -0.05) is 164 Å². The predicted molar refractivity (Wildman–Crippen MR) is 422 cm³/mol. The average Bonchev–Trinajstić information content (AvgIpc) is 1.70. The Balaban J connectivity index is 0.000000190. The molecule has 9 N–H and O–H groups in total. The molecule has 0 aliphatic rings. The van der Waals surface area contributed by atoms with E-state index >= 15 is 0 Å². The molecule has 0 bridgehead atoms. The molecule has 0 atom stereocenters. The molecule has 12 aromatic rings. The van der Waals surface area contributed by atoms with E-state index in [0.29, 0.717) is 91.1 Å². The Morgan fingerprint density at radius 1 is 0.385 bits per heavy atom. The van der Waals surface area contributed by atoms with E-state index in [0.717, 1.165) is 28.1 Å². The first-order valence-corrected chi connectivity index (χ1v) is 34.4. The second-order valence-corrected chi connectivity index (χ2v) is 26.8. The van der Waals surface area contributed by atoms with Gasteiger partial charge in [0.1, 0.15) is 22.6 Å². The van der Waals surface area contributed by atoms with Gasteiger partial charge in [-0.3, -0.25) is 24.0 Å². The van der Waals surface area contributed by atoms with Gasteiger partial charge < -0.3 is 47.3 Å². The Morgan fingerprint density at radius 2 is 0.697 bits per heavy atom. The number of halogens is 1. The standard InChI is InChI=1S/C30H30N4O4.C25H22N4O2.C17H21N3O4.C13H11NO.ClH/c1-20-16-26(28(36)32-24-14-9-13-23(18-24)27(35)22-11-6-5-7-12-22)34(33-20)25-15-8-10-21(17-25)19-31-29(37)38-30(2,3)4;1-17-13-23(29(28-17)22-12-5-7-18(14-22)16-26)25(31)27-21-11-6-10-20(15-21)24(30)19-8-3-2-4-9-19;1-11-8-14(15(21)22)20(19-11)13-7-5-6-12(9-13)10-18-16(23)24-17(2,3)4;14-12-8-4-7-11(9-12)13(15)10-5-2-1-3-6-10;/h5-18H,19H2,1-4H3,(H,31,37)(H,32,36);2-15H,16,26H2,1H3,(H,27,31);5-9H,10H2,1-4H3,(H,18,23)(H,21,22);1-9H,14H2;1H. The first kappa shape index (κ1) is 81.3. The lowest BCUT2D eigenvalue weighted by atomic mass is 10.0. The van der Waals surface area contributed by atoms with Crippen LogP contribution in [-0.4, -0.2) is 93.0 Å². The molecule has 0 spiro atoms. The van der Waals surface area contributed by atoms with Crippen LogP contribution in [-0.2, 0) is 29.1 Å². The number of nitrogens with one attached hydrogen (secondary N) is 4. The van der Waals surface area contributed by atoms with Crippen molar-refractivity contribution in [1.82, 2.24) is 40.0 Å². The van der Waals surface area contributed by atoms with Crippen molar-refractivity contribution in [3.05, 3.63) is 339 Å². The first-order chi connectivity index (χ1) is 51.6. The van der Waals surface area contributed by atoms with E-state index in [1.807, 2.05) is 116 Å². The number of benzene rings is 9. The molecule has 23 nitrogen and oxygen atoms in total. The summed E-state index contributed by atoms with van der Waals surface area (Å²) in [7, 11) is 0. The molecule has 558 valence electrons. The molecule has 4 amide bonds. The zero-order chi connectivity index (χ0) is 77.7. The van der Waals surface area contributed by atoms with E-state index in [1.54, 1.807) is 204 Å². The maximum absolute atomic E-state index is 13.3. The fourth-order valence-corrected chi connectivity index (χ4v) is 10.8. The predicted octanol–water partition coefficient (Wildman–Crippen LogP) is 15.6. The van der Waals surface area contributed by atoms with Crippen LogP contribution in [0.3, 0.4) is 0 Å². The highest BCUT2D eigenvalue weighted by Gasteiger charge is 2.23. The zero-order valence-electron chi connectivity index (χ0n) is 61.6. The number of aromatic carboxylic acids is 1. The number of carbonyl (C=O) groups excluding carboxylic acids is 7. The molecule has 0 aliphatic heterocycles. The lowest BCUT2D eigenvalue weighted by molar-refractivity contribution is 0.0512. The number of carboxylic acid groups (broad SMARTS) is 1. The normalized spacial score (nSPS) is 10.7. The van der Waals surface area contributed by atoms with Crippen molar-refractivity contribution < 1.29 is 52.9 Å². The third-order valence-corrected chi connectivity index (χ3v) is 15.6. The Kier molecular flexibility index (Phi) is 28.0. The summed E-state index contributed by atoms with van der Waals surface area (Å²) < 4.78 is 15.0. The number of hydrogen-bond donors (Lipinski definition) is 7. The van der Waals surface area contributed by atoms with Crippen molar-refractivity contribution in [2.75, 3.05) is 16.4 Å². The number of anilines is 3. The molecule has 0 fully saturated rings. The van der Waals surface area contributed by atoms with Crippen LogP contribution in [0.5, 0.6) is 0 Å². The molecule has 0 saturated carbocycles. The van der Waals surface area contributed by atoms with Crippen molar-refractivity contribution in [3.8, 4) is 17.1 Å². The minimum absolute atomic E-state index is 0. The summed E-state index contributed by atoms with van der Waals surface area (Å²) in [6.45, 7) is 17.1. The average molecular weight is 1490 g/mol. The molecule has 0 radical (unpaired) electrons. The summed E-state index contributed by atoms with van der Waals surface area (Å²) in [6.07, 6.45) is -1.01. The minimum Gasteiger partial charge on any atom is -0.477 e. The number of hydrogen-bond acceptors (Lipinski definition) is 15. The van der Waals surface area contributed by atoms with Crippen molar-refractivity contribution >= 4 is 76.8 Å². The van der Waals surface area contributed by atoms with E-state index in [2.05, 4.69) is 36.6 Å². The van der Waals surface area contributed by atoms with Gasteiger partial charge in [0.2, 0.25) is 0 Å². The monoisotopic (exact) mass is 1480 g/mol. The third-order valence-electron chi connectivity index (χ3n) is 15.6. The molecule has 0 unspecified atom stereocenters. The number of nitrogen functional groups attached to an aromatic ring is 1. The van der Waals surface area contributed by atoms with Crippen LogP contribution < -0.4 is 32.7 Å². The van der Waals surface area contributed by atoms with Gasteiger partial charge in [0.25, 0.3) is 11.8 Å². The van der Waals surface area contributed by atoms with Gasteiger partial charge in [-0.15, -0.1) is 12.4 Å². The van der Waals surface area contributed by atoms with Crippen LogP contribution in [0.25, 0.3) is 17.1 Å². The Bertz CT molecular complexity index is 5200. The Hall–Kier alpha value is -13.4. The molecule has 0 saturated heterocycles. The smallest absolute Gasteiger partial charge is 0.407 e. The van der Waals surface area contributed by atoms with E-state index in [9.17, 15) is 43.5 Å². The summed E-state index contributed by atoms with van der Waals surface area (Å²) in [6, 6.07) is 75.0. The highest BCUT2D eigenvalue weighted by atomic mass is 35.5. The number of ether oxygens (including phenoxy) is 2. The molecule has 3 aromatic heterocycles. The number of ketones is 3. The minimum atomic E-state index is -1.05. The van der Waals surface area contributed by atoms with Crippen LogP contribution in [0.2, 0.25) is 0 Å². The van der Waals surface area contributed by atoms with E-state index < -0.39 is 29.4 Å². The van der Waals surface area contributed by atoms with Gasteiger partial charge in [0.05, 0.1) is 34.1 Å². The van der Waals surface area contributed by atoms with Crippen LogP contribution in [0.15, 0.2) is 255 Å². The highest BCUT2D eigenvalue weighted by Crippen LogP contribution is 2.24. The first-order valence-electron chi connectivity index (χ1n) is 34.4. The topological polar surface area (TPSA) is 329 Å². The van der Waals surface area contributed by atoms with Crippen molar-refractivity contribution in [2.45, 2.75) is 93.2 Å². The lowest BCUT2D eigenvalue weighted by Crippen LogP contribution is -2.32. The highest BCUT2D eigenvalue weighted by molar-refractivity contribution is 6.12. The number of nitrogens with two attached hydrogens (primary N) is 2.